The summed E-state index contributed by atoms with van der Waals surface area (Å²) in [4.78, 5) is 23.0. The molecule has 0 atom stereocenters. The van der Waals surface area contributed by atoms with Gasteiger partial charge in [-0.1, -0.05) is 18.2 Å². The summed E-state index contributed by atoms with van der Waals surface area (Å²) in [5, 5.41) is 2.84. The van der Waals surface area contributed by atoms with Crippen molar-refractivity contribution >= 4 is 33.4 Å². The largest absolute Gasteiger partial charge is 0.496 e. The van der Waals surface area contributed by atoms with E-state index in [1.807, 2.05) is 18.2 Å². The second-order valence-electron chi connectivity index (χ2n) is 5.58. The van der Waals surface area contributed by atoms with Crippen LogP contribution >= 0.6 is 15.9 Å². The van der Waals surface area contributed by atoms with Crippen molar-refractivity contribution in [2.75, 3.05) is 19.0 Å². The van der Waals surface area contributed by atoms with Gasteiger partial charge in [-0.15, -0.1) is 0 Å². The fourth-order valence-corrected chi connectivity index (χ4v) is 2.88. The molecule has 0 unspecified atom stereocenters. The first-order valence-electron chi connectivity index (χ1n) is 8.12. The highest BCUT2D eigenvalue weighted by atomic mass is 79.9. The zero-order chi connectivity index (χ0) is 18.9. The number of nitrogens with one attached hydrogen (secondary N) is 1. The molecule has 6 nitrogen and oxygen atoms in total. The summed E-state index contributed by atoms with van der Waals surface area (Å²) in [5.74, 6) is 0.703. The average molecular weight is 421 g/mol. The summed E-state index contributed by atoms with van der Waals surface area (Å²) in [6.07, 6.45) is 1.04. The van der Waals surface area contributed by atoms with E-state index in [0.717, 1.165) is 15.8 Å². The number of methoxy groups -OCH3 is 1. The van der Waals surface area contributed by atoms with E-state index in [1.165, 1.54) is 0 Å². The molecule has 2 amide bonds. The number of carbonyl (C=O) groups excluding carboxylic acids is 2. The van der Waals surface area contributed by atoms with Crippen LogP contribution in [0, 0.1) is 0 Å². The molecule has 0 saturated heterocycles. The van der Waals surface area contributed by atoms with Gasteiger partial charge in [0.15, 0.2) is 0 Å². The number of primary amides is 1. The van der Waals surface area contributed by atoms with Gasteiger partial charge < -0.3 is 20.5 Å². The van der Waals surface area contributed by atoms with Crippen LogP contribution in [0.2, 0.25) is 0 Å². The number of hydrogen-bond acceptors (Lipinski definition) is 4. The highest BCUT2D eigenvalue weighted by molar-refractivity contribution is 9.10. The molecular weight excluding hydrogens is 400 g/mol. The monoisotopic (exact) mass is 420 g/mol. The molecule has 0 spiro atoms. The van der Waals surface area contributed by atoms with Crippen molar-refractivity contribution in [1.82, 2.24) is 0 Å². The zero-order valence-electron chi connectivity index (χ0n) is 14.5. The summed E-state index contributed by atoms with van der Waals surface area (Å²) in [7, 11) is 1.61. The van der Waals surface area contributed by atoms with Crippen LogP contribution in [0.5, 0.6) is 11.5 Å². The van der Waals surface area contributed by atoms with E-state index >= 15 is 0 Å². The maximum absolute atomic E-state index is 12.3. The van der Waals surface area contributed by atoms with Crippen LogP contribution in [-0.2, 0) is 16.0 Å². The number of para-hydroxylation sites is 2. The topological polar surface area (TPSA) is 90.7 Å². The minimum atomic E-state index is -0.433. The van der Waals surface area contributed by atoms with E-state index in [9.17, 15) is 9.59 Å². The van der Waals surface area contributed by atoms with Gasteiger partial charge >= 0.3 is 0 Å². The molecule has 2 aromatic carbocycles. The SMILES string of the molecule is COc1ccc(CCC(=O)Nc2ccccc2OCCC(N)=O)cc1Br. The van der Waals surface area contributed by atoms with Gasteiger partial charge in [-0.3, -0.25) is 9.59 Å². The lowest BCUT2D eigenvalue weighted by Crippen LogP contribution is -2.16. The maximum Gasteiger partial charge on any atom is 0.224 e. The Morgan fingerprint density at radius 1 is 1.12 bits per heavy atom. The molecule has 0 aliphatic heterocycles. The van der Waals surface area contributed by atoms with Gasteiger partial charge in [0.25, 0.3) is 0 Å². The fourth-order valence-electron chi connectivity index (χ4n) is 2.29. The Morgan fingerprint density at radius 2 is 1.88 bits per heavy atom. The highest BCUT2D eigenvalue weighted by Gasteiger charge is 2.09. The van der Waals surface area contributed by atoms with Crippen LogP contribution < -0.4 is 20.5 Å². The molecule has 0 radical (unpaired) electrons. The Morgan fingerprint density at radius 3 is 2.58 bits per heavy atom. The summed E-state index contributed by atoms with van der Waals surface area (Å²) >= 11 is 3.44. The van der Waals surface area contributed by atoms with E-state index in [-0.39, 0.29) is 18.9 Å². The van der Waals surface area contributed by atoms with Gasteiger partial charge in [-0.2, -0.15) is 0 Å². The zero-order valence-corrected chi connectivity index (χ0v) is 16.0. The van der Waals surface area contributed by atoms with Crippen LogP contribution in [0.3, 0.4) is 0 Å². The quantitative estimate of drug-likeness (QED) is 0.650. The molecule has 0 aliphatic carbocycles. The number of aryl methyl sites for hydroxylation is 1. The van der Waals surface area contributed by atoms with Crippen LogP contribution in [0.1, 0.15) is 18.4 Å². The summed E-state index contributed by atoms with van der Waals surface area (Å²) in [5.41, 5.74) is 6.69. The predicted octanol–water partition coefficient (Wildman–Crippen LogP) is 3.28. The Hall–Kier alpha value is -2.54. The van der Waals surface area contributed by atoms with Gasteiger partial charge in [0, 0.05) is 6.42 Å². The maximum atomic E-state index is 12.3. The van der Waals surface area contributed by atoms with Gasteiger partial charge in [-0.05, 0) is 52.2 Å². The van der Waals surface area contributed by atoms with E-state index in [4.69, 9.17) is 15.2 Å². The second kappa shape index (κ2) is 9.82. The molecule has 3 N–H and O–H groups in total. The standard InChI is InChI=1S/C19H21BrN2O4/c1-25-16-8-6-13(12-14(16)20)7-9-19(24)22-15-4-2-3-5-17(15)26-11-10-18(21)23/h2-6,8,12H,7,9-11H2,1H3,(H2,21,23)(H,22,24). The summed E-state index contributed by atoms with van der Waals surface area (Å²) in [6, 6.07) is 12.8. The van der Waals surface area contributed by atoms with Gasteiger partial charge in [0.05, 0.1) is 30.3 Å². The molecule has 0 bridgehead atoms. The molecule has 7 heteroatoms. The lowest BCUT2D eigenvalue weighted by atomic mass is 10.1. The molecule has 26 heavy (non-hydrogen) atoms. The molecule has 0 heterocycles. The Balaban J connectivity index is 1.91. The number of anilines is 1. The molecular formula is C19H21BrN2O4. The highest BCUT2D eigenvalue weighted by Crippen LogP contribution is 2.27. The second-order valence-corrected chi connectivity index (χ2v) is 6.43. The third-order valence-electron chi connectivity index (χ3n) is 3.62. The van der Waals surface area contributed by atoms with Crippen LogP contribution in [-0.4, -0.2) is 25.5 Å². The fraction of sp³-hybridized carbons (Fsp3) is 0.263. The van der Waals surface area contributed by atoms with Crippen molar-refractivity contribution < 1.29 is 19.1 Å². The Kier molecular flexibility index (Phi) is 7.47. The number of carbonyl (C=O) groups is 2. The van der Waals surface area contributed by atoms with Crippen molar-refractivity contribution in [2.24, 2.45) is 5.73 Å². The summed E-state index contributed by atoms with van der Waals surface area (Å²) < 4.78 is 11.6. The number of hydrogen-bond donors (Lipinski definition) is 2. The first-order chi connectivity index (χ1) is 12.5. The minimum Gasteiger partial charge on any atom is -0.496 e. The van der Waals surface area contributed by atoms with Crippen LogP contribution in [0.25, 0.3) is 0 Å². The van der Waals surface area contributed by atoms with E-state index in [1.54, 1.807) is 31.4 Å². The summed E-state index contributed by atoms with van der Waals surface area (Å²) in [6.45, 7) is 0.169. The number of benzene rings is 2. The molecule has 0 saturated carbocycles. The first kappa shape index (κ1) is 19.8. The van der Waals surface area contributed by atoms with Crippen LogP contribution in [0.4, 0.5) is 5.69 Å². The van der Waals surface area contributed by atoms with Crippen molar-refractivity contribution in [3.63, 3.8) is 0 Å². The Bertz CT molecular complexity index is 780. The molecule has 2 rings (SSSR count). The lowest BCUT2D eigenvalue weighted by molar-refractivity contribution is -0.118. The molecule has 2 aromatic rings. The molecule has 0 fully saturated rings. The molecule has 0 aliphatic rings. The minimum absolute atomic E-state index is 0.120. The normalized spacial score (nSPS) is 10.2. The van der Waals surface area contributed by atoms with Gasteiger partial charge in [-0.25, -0.2) is 0 Å². The van der Waals surface area contributed by atoms with E-state index in [0.29, 0.717) is 24.3 Å². The van der Waals surface area contributed by atoms with Crippen molar-refractivity contribution in [2.45, 2.75) is 19.3 Å². The van der Waals surface area contributed by atoms with Gasteiger partial charge in [0.2, 0.25) is 11.8 Å². The van der Waals surface area contributed by atoms with E-state index < -0.39 is 5.91 Å². The predicted molar refractivity (Wildman–Crippen MR) is 103 cm³/mol. The number of ether oxygens (including phenoxy) is 2. The van der Waals surface area contributed by atoms with Crippen molar-refractivity contribution in [3.05, 3.63) is 52.5 Å². The van der Waals surface area contributed by atoms with Crippen molar-refractivity contribution in [3.8, 4) is 11.5 Å². The van der Waals surface area contributed by atoms with Crippen molar-refractivity contribution in [1.29, 1.82) is 0 Å². The average Bonchev–Trinajstić information content (AvgIpc) is 2.61. The molecule has 0 aromatic heterocycles. The Labute approximate surface area is 160 Å². The smallest absolute Gasteiger partial charge is 0.224 e. The molecule has 138 valence electrons. The van der Waals surface area contributed by atoms with Crippen LogP contribution in [0.15, 0.2) is 46.9 Å². The number of amides is 2. The third kappa shape index (κ3) is 6.07. The van der Waals surface area contributed by atoms with E-state index in [2.05, 4.69) is 21.2 Å². The number of rotatable bonds is 9. The first-order valence-corrected chi connectivity index (χ1v) is 8.91. The third-order valence-corrected chi connectivity index (χ3v) is 4.24. The number of halogens is 1. The van der Waals surface area contributed by atoms with Gasteiger partial charge in [0.1, 0.15) is 11.5 Å². The number of nitrogens with two attached hydrogens (primary N) is 1. The lowest BCUT2D eigenvalue weighted by Gasteiger charge is -2.12.